The number of piperazine rings is 1. The molecule has 7 nitrogen and oxygen atoms in total. The lowest BCUT2D eigenvalue weighted by atomic mass is 10.1. The van der Waals surface area contributed by atoms with E-state index in [2.05, 4.69) is 9.80 Å². The molecule has 0 radical (unpaired) electrons. The number of halogens is 1. The molecule has 0 saturated carbocycles. The molecule has 2 aromatic rings. The highest BCUT2D eigenvalue weighted by molar-refractivity contribution is 6.33. The number of imide groups is 1. The van der Waals surface area contributed by atoms with Gasteiger partial charge in [0.2, 0.25) is 5.91 Å². The summed E-state index contributed by atoms with van der Waals surface area (Å²) in [6.45, 7) is 4.83. The average molecular weight is 442 g/mol. The molecule has 0 N–H and O–H groups in total. The second-order valence-electron chi connectivity index (χ2n) is 7.53. The summed E-state index contributed by atoms with van der Waals surface area (Å²) in [6, 6.07) is 13.6. The van der Waals surface area contributed by atoms with Crippen molar-refractivity contribution < 1.29 is 19.1 Å². The van der Waals surface area contributed by atoms with E-state index in [1.165, 1.54) is 4.90 Å². The number of amides is 2. The summed E-state index contributed by atoms with van der Waals surface area (Å²) in [4.78, 5) is 43.0. The third kappa shape index (κ3) is 4.29. The summed E-state index contributed by atoms with van der Waals surface area (Å²) in [5.74, 6) is -0.880. The molecule has 2 saturated heterocycles. The standard InChI is InChI=1S/C23H24ClN3O4/c1-2-31-23(30)16-7-9-17(10-8-16)27-21(28)15-20(22(27)29)26-13-11-25(12-14-26)19-6-4-3-5-18(19)24/h3-10,20H,2,11-15H2,1H3/t20-/m1/s1. The Balaban J connectivity index is 1.42. The molecule has 8 heteroatoms. The summed E-state index contributed by atoms with van der Waals surface area (Å²) >= 11 is 6.31. The highest BCUT2D eigenvalue weighted by Gasteiger charge is 2.43. The normalized spacial score (nSPS) is 19.7. The van der Waals surface area contributed by atoms with E-state index in [1.54, 1.807) is 31.2 Å². The molecule has 2 aromatic carbocycles. The van der Waals surface area contributed by atoms with Crippen molar-refractivity contribution in [3.63, 3.8) is 0 Å². The fourth-order valence-electron chi connectivity index (χ4n) is 4.12. The third-order valence-electron chi connectivity index (χ3n) is 5.71. The van der Waals surface area contributed by atoms with Gasteiger partial charge in [0.15, 0.2) is 0 Å². The van der Waals surface area contributed by atoms with E-state index in [1.807, 2.05) is 24.3 Å². The molecule has 4 rings (SSSR count). The molecule has 0 aromatic heterocycles. The fourth-order valence-corrected chi connectivity index (χ4v) is 4.37. The van der Waals surface area contributed by atoms with Gasteiger partial charge in [-0.25, -0.2) is 9.69 Å². The van der Waals surface area contributed by atoms with E-state index in [0.29, 0.717) is 29.4 Å². The van der Waals surface area contributed by atoms with Crippen LogP contribution in [0, 0.1) is 0 Å². The van der Waals surface area contributed by atoms with Crippen LogP contribution in [0.5, 0.6) is 0 Å². The summed E-state index contributed by atoms with van der Waals surface area (Å²) in [5, 5.41) is 0.709. The van der Waals surface area contributed by atoms with E-state index in [4.69, 9.17) is 16.3 Å². The van der Waals surface area contributed by atoms with Gasteiger partial charge in [0.1, 0.15) is 0 Å². The quantitative estimate of drug-likeness (QED) is 0.525. The largest absolute Gasteiger partial charge is 0.462 e. The van der Waals surface area contributed by atoms with Crippen LogP contribution in [-0.2, 0) is 14.3 Å². The topological polar surface area (TPSA) is 70.2 Å². The molecule has 2 aliphatic heterocycles. The highest BCUT2D eigenvalue weighted by Crippen LogP contribution is 2.29. The van der Waals surface area contributed by atoms with Crippen LogP contribution in [0.1, 0.15) is 23.7 Å². The van der Waals surface area contributed by atoms with Crippen molar-refractivity contribution in [1.82, 2.24) is 4.90 Å². The number of rotatable bonds is 5. The van der Waals surface area contributed by atoms with Crippen molar-refractivity contribution in [2.75, 3.05) is 42.6 Å². The number of anilines is 2. The molecule has 0 unspecified atom stereocenters. The zero-order valence-electron chi connectivity index (χ0n) is 17.3. The second kappa shape index (κ2) is 9.08. The Labute approximate surface area is 186 Å². The molecule has 2 amide bonds. The molecule has 0 aliphatic carbocycles. The SMILES string of the molecule is CCOC(=O)c1ccc(N2C(=O)C[C@@H](N3CCN(c4ccccc4Cl)CC3)C2=O)cc1. The Bertz CT molecular complexity index is 987. The summed E-state index contributed by atoms with van der Waals surface area (Å²) < 4.78 is 4.97. The van der Waals surface area contributed by atoms with Crippen molar-refractivity contribution in [1.29, 1.82) is 0 Å². The second-order valence-corrected chi connectivity index (χ2v) is 7.94. The first-order valence-electron chi connectivity index (χ1n) is 10.4. The molecule has 1 atom stereocenters. The summed E-state index contributed by atoms with van der Waals surface area (Å²) in [6.07, 6.45) is 0.157. The monoisotopic (exact) mass is 441 g/mol. The highest BCUT2D eigenvalue weighted by atomic mass is 35.5. The van der Waals surface area contributed by atoms with Crippen molar-refractivity contribution in [3.8, 4) is 0 Å². The zero-order chi connectivity index (χ0) is 22.0. The van der Waals surface area contributed by atoms with Crippen LogP contribution in [0.3, 0.4) is 0 Å². The van der Waals surface area contributed by atoms with Crippen LogP contribution in [0.4, 0.5) is 11.4 Å². The van der Waals surface area contributed by atoms with E-state index in [-0.39, 0.29) is 24.8 Å². The van der Waals surface area contributed by atoms with Gasteiger partial charge in [-0.15, -0.1) is 0 Å². The zero-order valence-corrected chi connectivity index (χ0v) is 18.0. The van der Waals surface area contributed by atoms with Crippen LogP contribution in [0.2, 0.25) is 5.02 Å². The van der Waals surface area contributed by atoms with Crippen LogP contribution < -0.4 is 9.80 Å². The number of hydrogen-bond donors (Lipinski definition) is 0. The predicted octanol–water partition coefficient (Wildman–Crippen LogP) is 2.97. The Morgan fingerprint density at radius 2 is 1.71 bits per heavy atom. The number of hydrogen-bond acceptors (Lipinski definition) is 6. The molecular formula is C23H24ClN3O4. The van der Waals surface area contributed by atoms with E-state index in [9.17, 15) is 14.4 Å². The summed E-state index contributed by atoms with van der Waals surface area (Å²) in [5.41, 5.74) is 1.85. The van der Waals surface area contributed by atoms with Gasteiger partial charge in [-0.05, 0) is 43.3 Å². The molecule has 0 spiro atoms. The maximum absolute atomic E-state index is 13.1. The molecular weight excluding hydrogens is 418 g/mol. The molecule has 0 bridgehead atoms. The number of esters is 1. The number of ether oxygens (including phenoxy) is 1. The third-order valence-corrected chi connectivity index (χ3v) is 6.03. The van der Waals surface area contributed by atoms with Gasteiger partial charge in [-0.3, -0.25) is 14.5 Å². The number of para-hydroxylation sites is 1. The molecule has 2 aliphatic rings. The van der Waals surface area contributed by atoms with E-state index < -0.39 is 12.0 Å². The lowest BCUT2D eigenvalue weighted by Crippen LogP contribution is -2.52. The molecule has 31 heavy (non-hydrogen) atoms. The van der Waals surface area contributed by atoms with Gasteiger partial charge in [0.25, 0.3) is 5.91 Å². The van der Waals surface area contributed by atoms with Crippen LogP contribution in [0.15, 0.2) is 48.5 Å². The molecule has 2 heterocycles. The van der Waals surface area contributed by atoms with Crippen molar-refractivity contribution in [2.24, 2.45) is 0 Å². The Morgan fingerprint density at radius 1 is 1.03 bits per heavy atom. The van der Waals surface area contributed by atoms with Crippen molar-refractivity contribution in [3.05, 3.63) is 59.1 Å². The Kier molecular flexibility index (Phi) is 6.25. The van der Waals surface area contributed by atoms with Gasteiger partial charge >= 0.3 is 5.97 Å². The number of carbonyl (C=O) groups excluding carboxylic acids is 3. The Hall–Kier alpha value is -2.90. The van der Waals surface area contributed by atoms with Gasteiger partial charge < -0.3 is 9.64 Å². The van der Waals surface area contributed by atoms with Gasteiger partial charge in [0, 0.05) is 26.2 Å². The van der Waals surface area contributed by atoms with Crippen LogP contribution >= 0.6 is 11.6 Å². The lowest BCUT2D eigenvalue weighted by Gasteiger charge is -2.38. The van der Waals surface area contributed by atoms with Crippen molar-refractivity contribution >= 4 is 40.8 Å². The lowest BCUT2D eigenvalue weighted by molar-refractivity contribution is -0.123. The fraction of sp³-hybridized carbons (Fsp3) is 0.348. The maximum atomic E-state index is 13.1. The number of benzene rings is 2. The minimum absolute atomic E-state index is 0.157. The van der Waals surface area contributed by atoms with Crippen LogP contribution in [-0.4, -0.2) is 61.5 Å². The minimum atomic E-state index is -0.467. The van der Waals surface area contributed by atoms with Gasteiger partial charge in [0.05, 0.1) is 41.0 Å². The van der Waals surface area contributed by atoms with E-state index in [0.717, 1.165) is 18.8 Å². The Morgan fingerprint density at radius 3 is 2.35 bits per heavy atom. The van der Waals surface area contributed by atoms with Gasteiger partial charge in [-0.1, -0.05) is 23.7 Å². The maximum Gasteiger partial charge on any atom is 0.338 e. The predicted molar refractivity (Wildman–Crippen MR) is 119 cm³/mol. The first-order chi connectivity index (χ1) is 15.0. The minimum Gasteiger partial charge on any atom is -0.462 e. The van der Waals surface area contributed by atoms with Crippen LogP contribution in [0.25, 0.3) is 0 Å². The first-order valence-corrected chi connectivity index (χ1v) is 10.7. The number of nitrogens with zero attached hydrogens (tertiary/aromatic N) is 3. The van der Waals surface area contributed by atoms with Crippen molar-refractivity contribution in [2.45, 2.75) is 19.4 Å². The van der Waals surface area contributed by atoms with E-state index >= 15 is 0 Å². The average Bonchev–Trinajstić information content (AvgIpc) is 3.08. The first kappa shape index (κ1) is 21.3. The molecule has 2 fully saturated rings. The van der Waals surface area contributed by atoms with Gasteiger partial charge in [-0.2, -0.15) is 0 Å². The molecule has 162 valence electrons. The summed E-state index contributed by atoms with van der Waals surface area (Å²) in [7, 11) is 0. The smallest absolute Gasteiger partial charge is 0.338 e. The number of carbonyl (C=O) groups is 3.